The van der Waals surface area contributed by atoms with Gasteiger partial charge in [-0.15, -0.1) is 5.10 Å². The Kier molecular flexibility index (Phi) is 3.51. The van der Waals surface area contributed by atoms with Crippen molar-refractivity contribution in [1.82, 2.24) is 19.6 Å². The Bertz CT molecular complexity index is 728. The van der Waals surface area contributed by atoms with Gasteiger partial charge in [0, 0.05) is 31.5 Å². The number of hydrogen-bond acceptors (Lipinski definition) is 3. The number of anilines is 1. The third-order valence-corrected chi connectivity index (χ3v) is 3.09. The minimum Gasteiger partial charge on any atom is -0.350 e. The van der Waals surface area contributed by atoms with E-state index in [2.05, 4.69) is 20.2 Å². The van der Waals surface area contributed by atoms with Crippen molar-refractivity contribution in [2.45, 2.75) is 6.54 Å². The second-order valence-electron chi connectivity index (χ2n) is 4.78. The fraction of sp³-hybridized carbons (Fsp3) is 0.133. The molecule has 1 aromatic carbocycles. The molecule has 0 saturated heterocycles. The van der Waals surface area contributed by atoms with Crippen LogP contribution in [0.25, 0.3) is 0 Å². The summed E-state index contributed by atoms with van der Waals surface area (Å²) in [5, 5.41) is 10.3. The zero-order valence-electron chi connectivity index (χ0n) is 11.6. The predicted octanol–water partition coefficient (Wildman–Crippen LogP) is 1.92. The molecular formula is C15H15N5O. The summed E-state index contributed by atoms with van der Waals surface area (Å²) in [4.78, 5) is 12.1. The highest BCUT2D eigenvalue weighted by atomic mass is 16.1. The summed E-state index contributed by atoms with van der Waals surface area (Å²) in [6, 6.07) is 11.5. The van der Waals surface area contributed by atoms with Crippen LogP contribution in [0.4, 0.5) is 5.82 Å². The largest absolute Gasteiger partial charge is 0.350 e. The van der Waals surface area contributed by atoms with Crippen molar-refractivity contribution in [2.24, 2.45) is 7.05 Å². The Labute approximate surface area is 122 Å². The fourth-order valence-corrected chi connectivity index (χ4v) is 2.04. The normalized spacial score (nSPS) is 10.5. The van der Waals surface area contributed by atoms with E-state index in [4.69, 9.17) is 0 Å². The number of amides is 1. The van der Waals surface area contributed by atoms with Crippen LogP contribution in [0.15, 0.2) is 55.0 Å². The lowest BCUT2D eigenvalue weighted by Gasteiger charge is -2.05. The van der Waals surface area contributed by atoms with Crippen LogP contribution in [0.5, 0.6) is 0 Å². The number of carbonyl (C=O) groups excluding carboxylic acids is 1. The van der Waals surface area contributed by atoms with Gasteiger partial charge in [-0.2, -0.15) is 0 Å². The van der Waals surface area contributed by atoms with E-state index >= 15 is 0 Å². The van der Waals surface area contributed by atoms with Gasteiger partial charge in [-0.05, 0) is 29.8 Å². The van der Waals surface area contributed by atoms with Crippen molar-refractivity contribution in [3.8, 4) is 0 Å². The van der Waals surface area contributed by atoms with Crippen LogP contribution in [-0.4, -0.2) is 25.5 Å². The molecule has 0 spiro atoms. The zero-order valence-corrected chi connectivity index (χ0v) is 11.6. The lowest BCUT2D eigenvalue weighted by Crippen LogP contribution is -2.12. The maximum Gasteiger partial charge on any atom is 0.256 e. The highest BCUT2D eigenvalue weighted by Gasteiger charge is 2.08. The Morgan fingerprint density at radius 2 is 1.90 bits per heavy atom. The molecule has 1 amide bonds. The summed E-state index contributed by atoms with van der Waals surface area (Å²) in [6.07, 6.45) is 5.67. The maximum absolute atomic E-state index is 12.1. The minimum absolute atomic E-state index is 0.192. The first-order valence-electron chi connectivity index (χ1n) is 6.58. The number of carbonyl (C=O) groups is 1. The molecule has 6 heteroatoms. The number of aromatic nitrogens is 4. The summed E-state index contributed by atoms with van der Waals surface area (Å²) < 4.78 is 3.62. The Morgan fingerprint density at radius 1 is 1.19 bits per heavy atom. The predicted molar refractivity (Wildman–Crippen MR) is 78.9 cm³/mol. The standard InChI is InChI=1S/C15H15N5O/c1-19-11-14(17-18-19)16-15(21)13-6-4-12(5-7-13)10-20-8-2-3-9-20/h2-9,11H,10H2,1H3,(H,16,21). The third kappa shape index (κ3) is 3.17. The average molecular weight is 281 g/mol. The van der Waals surface area contributed by atoms with Crippen molar-refractivity contribution in [3.05, 3.63) is 66.1 Å². The topological polar surface area (TPSA) is 64.7 Å². The monoisotopic (exact) mass is 281 g/mol. The van der Waals surface area contributed by atoms with E-state index in [0.717, 1.165) is 12.1 Å². The average Bonchev–Trinajstić information content (AvgIpc) is 3.12. The van der Waals surface area contributed by atoms with Gasteiger partial charge >= 0.3 is 0 Å². The molecule has 0 aliphatic heterocycles. The van der Waals surface area contributed by atoms with Crippen LogP contribution in [0.3, 0.4) is 0 Å². The Hall–Kier alpha value is -2.89. The van der Waals surface area contributed by atoms with Crippen molar-refractivity contribution < 1.29 is 4.79 Å². The lowest BCUT2D eigenvalue weighted by molar-refractivity contribution is 0.102. The number of benzene rings is 1. The van der Waals surface area contributed by atoms with E-state index in [-0.39, 0.29) is 5.91 Å². The van der Waals surface area contributed by atoms with Gasteiger partial charge in [0.25, 0.3) is 5.91 Å². The molecule has 2 heterocycles. The molecule has 0 atom stereocenters. The van der Waals surface area contributed by atoms with Crippen molar-refractivity contribution in [2.75, 3.05) is 5.32 Å². The smallest absolute Gasteiger partial charge is 0.256 e. The number of nitrogens with one attached hydrogen (secondary N) is 1. The van der Waals surface area contributed by atoms with Gasteiger partial charge in [-0.3, -0.25) is 9.48 Å². The molecule has 106 valence electrons. The lowest BCUT2D eigenvalue weighted by atomic mass is 10.1. The maximum atomic E-state index is 12.1. The number of nitrogens with zero attached hydrogens (tertiary/aromatic N) is 4. The number of aryl methyl sites for hydroxylation is 1. The third-order valence-electron chi connectivity index (χ3n) is 3.09. The molecule has 0 radical (unpaired) electrons. The van der Waals surface area contributed by atoms with E-state index in [0.29, 0.717) is 11.4 Å². The van der Waals surface area contributed by atoms with E-state index in [9.17, 15) is 4.79 Å². The first-order chi connectivity index (χ1) is 10.2. The fourth-order valence-electron chi connectivity index (χ4n) is 2.04. The molecule has 6 nitrogen and oxygen atoms in total. The van der Waals surface area contributed by atoms with Crippen molar-refractivity contribution >= 4 is 11.7 Å². The summed E-state index contributed by atoms with van der Waals surface area (Å²) in [6.45, 7) is 0.791. The molecule has 0 fully saturated rings. The molecule has 0 aliphatic rings. The zero-order chi connectivity index (χ0) is 14.7. The second kappa shape index (κ2) is 5.62. The van der Waals surface area contributed by atoms with Crippen molar-refractivity contribution in [1.29, 1.82) is 0 Å². The van der Waals surface area contributed by atoms with Crippen LogP contribution < -0.4 is 5.32 Å². The Morgan fingerprint density at radius 3 is 2.52 bits per heavy atom. The highest BCUT2D eigenvalue weighted by Crippen LogP contribution is 2.09. The summed E-state index contributed by atoms with van der Waals surface area (Å²) >= 11 is 0. The van der Waals surface area contributed by atoms with Gasteiger partial charge in [0.15, 0.2) is 5.82 Å². The molecule has 0 saturated carbocycles. The molecule has 0 aliphatic carbocycles. The van der Waals surface area contributed by atoms with Gasteiger partial charge in [0.2, 0.25) is 0 Å². The Balaban J connectivity index is 1.67. The van der Waals surface area contributed by atoms with Crippen LogP contribution in [0, 0.1) is 0 Å². The van der Waals surface area contributed by atoms with E-state index < -0.39 is 0 Å². The number of hydrogen-bond donors (Lipinski definition) is 1. The quantitative estimate of drug-likeness (QED) is 0.794. The molecule has 21 heavy (non-hydrogen) atoms. The minimum atomic E-state index is -0.192. The molecular weight excluding hydrogens is 266 g/mol. The van der Waals surface area contributed by atoms with E-state index in [1.54, 1.807) is 13.2 Å². The second-order valence-corrected chi connectivity index (χ2v) is 4.78. The van der Waals surface area contributed by atoms with Gasteiger partial charge < -0.3 is 9.88 Å². The summed E-state index contributed by atoms with van der Waals surface area (Å²) in [5.74, 6) is 0.252. The molecule has 0 unspecified atom stereocenters. The van der Waals surface area contributed by atoms with Gasteiger partial charge in [-0.25, -0.2) is 0 Å². The summed E-state index contributed by atoms with van der Waals surface area (Å²) in [5.41, 5.74) is 1.74. The number of rotatable bonds is 4. The van der Waals surface area contributed by atoms with Crippen LogP contribution in [0.1, 0.15) is 15.9 Å². The molecule has 0 bridgehead atoms. The van der Waals surface area contributed by atoms with Gasteiger partial charge in [-0.1, -0.05) is 17.3 Å². The molecule has 2 aromatic heterocycles. The van der Waals surface area contributed by atoms with Crippen LogP contribution in [-0.2, 0) is 13.6 Å². The molecule has 3 rings (SSSR count). The van der Waals surface area contributed by atoms with Crippen LogP contribution in [0.2, 0.25) is 0 Å². The summed E-state index contributed by atoms with van der Waals surface area (Å²) in [7, 11) is 1.75. The van der Waals surface area contributed by atoms with Gasteiger partial charge in [0.1, 0.15) is 0 Å². The van der Waals surface area contributed by atoms with E-state index in [1.807, 2.05) is 48.8 Å². The van der Waals surface area contributed by atoms with E-state index in [1.165, 1.54) is 4.68 Å². The van der Waals surface area contributed by atoms with Crippen LogP contribution >= 0.6 is 0 Å². The SMILES string of the molecule is Cn1cc(NC(=O)c2ccc(Cn3cccc3)cc2)nn1. The first-order valence-corrected chi connectivity index (χ1v) is 6.58. The van der Waals surface area contributed by atoms with Crippen molar-refractivity contribution in [3.63, 3.8) is 0 Å². The van der Waals surface area contributed by atoms with Gasteiger partial charge in [0.05, 0.1) is 6.20 Å². The highest BCUT2D eigenvalue weighted by molar-refractivity contribution is 6.03. The molecule has 1 N–H and O–H groups in total. The first kappa shape index (κ1) is 13.1. The molecule has 3 aromatic rings.